The fourth-order valence-electron chi connectivity index (χ4n) is 7.89. The predicted octanol–water partition coefficient (Wildman–Crippen LogP) is 6.38. The number of halogens is 1. The number of nitrogens with two attached hydrogens (primary N) is 2. The maximum atomic E-state index is 11.8. The van der Waals surface area contributed by atoms with Crippen LogP contribution in [0, 0.1) is 25.4 Å². The van der Waals surface area contributed by atoms with Crippen LogP contribution in [0.5, 0.6) is 0 Å². The summed E-state index contributed by atoms with van der Waals surface area (Å²) in [5.74, 6) is -0.417. The molecular formula is C43H64ClN11O10S3. The van der Waals surface area contributed by atoms with Gasteiger partial charge in [0, 0.05) is 44.3 Å². The van der Waals surface area contributed by atoms with E-state index in [0.717, 1.165) is 12.0 Å². The lowest BCUT2D eigenvalue weighted by Gasteiger charge is -2.16. The highest BCUT2D eigenvalue weighted by atomic mass is 35.7. The van der Waals surface area contributed by atoms with Crippen molar-refractivity contribution in [2.45, 2.75) is 143 Å². The van der Waals surface area contributed by atoms with Crippen LogP contribution in [-0.2, 0) is 42.4 Å². The number of hydrogen-bond donors (Lipinski definition) is 5. The molecule has 376 valence electrons. The number of carbonyl (C=O) groups is 3. The molecule has 0 aliphatic carbocycles. The van der Waals surface area contributed by atoms with E-state index in [4.69, 9.17) is 53.3 Å². The van der Waals surface area contributed by atoms with Crippen LogP contribution in [0.4, 0.5) is 11.9 Å². The number of ether oxygens (including phenoxy) is 4. The summed E-state index contributed by atoms with van der Waals surface area (Å²) in [4.78, 5) is 67.9. The number of aromatic nitrogens is 8. The summed E-state index contributed by atoms with van der Waals surface area (Å²) < 4.78 is 48.6. The van der Waals surface area contributed by atoms with Crippen molar-refractivity contribution in [1.29, 1.82) is 0 Å². The summed E-state index contributed by atoms with van der Waals surface area (Å²) in [5.41, 5.74) is 15.1. The van der Waals surface area contributed by atoms with Crippen molar-refractivity contribution in [1.82, 2.24) is 43.9 Å². The number of nitrogens with zero attached hydrogens (tertiary/aromatic N) is 7. The number of fused-ring (bicyclic) bond motifs is 2. The van der Waals surface area contributed by atoms with Gasteiger partial charge < -0.3 is 40.3 Å². The van der Waals surface area contributed by atoms with Gasteiger partial charge in [-0.1, -0.05) is 51.2 Å². The monoisotopic (exact) mass is 1030 g/mol. The first-order chi connectivity index (χ1) is 31.4. The lowest BCUT2D eigenvalue weighted by Crippen LogP contribution is -2.25. The molecule has 68 heavy (non-hydrogen) atoms. The lowest BCUT2D eigenvalue weighted by molar-refractivity contribution is -0.150. The molecule has 0 amide bonds. The topological polar surface area (TPSA) is 288 Å². The van der Waals surface area contributed by atoms with Crippen molar-refractivity contribution in [3.63, 3.8) is 0 Å². The molecule has 3 aliphatic heterocycles. The van der Waals surface area contributed by atoms with E-state index in [9.17, 15) is 27.6 Å². The number of rotatable bonds is 7. The van der Waals surface area contributed by atoms with E-state index in [2.05, 4.69) is 54.5 Å². The van der Waals surface area contributed by atoms with Gasteiger partial charge in [-0.05, 0) is 77.7 Å². The van der Waals surface area contributed by atoms with Crippen LogP contribution >= 0.6 is 35.5 Å². The van der Waals surface area contributed by atoms with E-state index in [1.54, 1.807) is 24.7 Å². The van der Waals surface area contributed by atoms with Crippen molar-refractivity contribution in [2.24, 2.45) is 0 Å². The van der Waals surface area contributed by atoms with Gasteiger partial charge in [0.1, 0.15) is 35.8 Å². The number of H-pyrrole nitrogens is 2. The third kappa shape index (κ3) is 15.8. The van der Waals surface area contributed by atoms with Crippen molar-refractivity contribution in [2.75, 3.05) is 31.6 Å². The normalized spacial score (nSPS) is 20.9. The van der Waals surface area contributed by atoms with Gasteiger partial charge in [0.15, 0.2) is 26.9 Å². The van der Waals surface area contributed by atoms with Crippen LogP contribution in [0.25, 0.3) is 22.3 Å². The Morgan fingerprint density at radius 1 is 0.853 bits per heavy atom. The molecule has 8 rings (SSSR count). The zero-order valence-corrected chi connectivity index (χ0v) is 42.2. The molecule has 1 aromatic carbocycles. The highest BCUT2D eigenvalue weighted by Crippen LogP contribution is 2.35. The SMILES string of the molecule is C.CC(=O)S.CC[C@H]1OC(n2cnc3c(=O)[nH]c(N)nc32)C[C@@H]1OC(C)=O.CC[C@H]1OC(n2cnc3c(=S)nc(N)[nH]c32)C[C@@H]1OC(C)=O.CN1CCCC1.Cc1cc(C)c(S(=O)(=O)Cl)c(C)c1. The largest absolute Gasteiger partial charge is 0.460 e. The Bertz CT molecular complexity index is 2600. The van der Waals surface area contributed by atoms with Gasteiger partial charge >= 0.3 is 11.9 Å². The fourth-order valence-corrected chi connectivity index (χ4v) is 9.76. The molecule has 6 N–H and O–H groups in total. The number of esters is 2. The van der Waals surface area contributed by atoms with Gasteiger partial charge in [-0.15, -0.1) is 12.6 Å². The molecule has 4 aromatic heterocycles. The van der Waals surface area contributed by atoms with E-state index in [1.807, 2.05) is 37.5 Å². The van der Waals surface area contributed by atoms with Crippen molar-refractivity contribution >= 4 is 95.9 Å². The smallest absolute Gasteiger partial charge is 0.302 e. The van der Waals surface area contributed by atoms with Crippen LogP contribution in [0.1, 0.15) is 110 Å². The maximum absolute atomic E-state index is 11.8. The molecule has 0 spiro atoms. The van der Waals surface area contributed by atoms with Crippen LogP contribution in [0.3, 0.4) is 0 Å². The number of hydrogen-bond acceptors (Lipinski definition) is 18. The Hall–Kier alpha value is -4.98. The molecular weight excluding hydrogens is 962 g/mol. The maximum Gasteiger partial charge on any atom is 0.302 e. The minimum atomic E-state index is -3.61. The number of benzene rings is 1. The number of nitrogen functional groups attached to an aromatic ring is 2. The first kappa shape index (κ1) is 57.3. The van der Waals surface area contributed by atoms with Crippen LogP contribution in [-0.4, -0.2) is 114 Å². The number of likely N-dealkylation sites (tertiary alicyclic amines) is 1. The Morgan fingerprint density at radius 3 is 1.75 bits per heavy atom. The van der Waals surface area contributed by atoms with Crippen molar-refractivity contribution < 1.29 is 41.7 Å². The zero-order valence-electron chi connectivity index (χ0n) is 38.9. The van der Waals surface area contributed by atoms with Crippen molar-refractivity contribution in [3.8, 4) is 0 Å². The lowest BCUT2D eigenvalue weighted by atomic mass is 10.1. The van der Waals surface area contributed by atoms with Gasteiger partial charge in [0.25, 0.3) is 14.6 Å². The Labute approximate surface area is 410 Å². The number of carbonyl (C=O) groups excluding carboxylic acids is 3. The molecule has 0 radical (unpaired) electrons. The van der Waals surface area contributed by atoms with E-state index in [1.165, 1.54) is 53.0 Å². The minimum absolute atomic E-state index is 0. The molecule has 3 aliphatic rings. The van der Waals surface area contributed by atoms with Crippen LogP contribution < -0.4 is 17.0 Å². The quantitative estimate of drug-likeness (QED) is 0.0511. The van der Waals surface area contributed by atoms with E-state index in [-0.39, 0.29) is 77.4 Å². The summed E-state index contributed by atoms with van der Waals surface area (Å²) in [5, 5.41) is -0.139. The van der Waals surface area contributed by atoms with E-state index >= 15 is 0 Å². The second-order valence-electron chi connectivity index (χ2n) is 16.1. The van der Waals surface area contributed by atoms with Gasteiger partial charge in [-0.25, -0.2) is 23.4 Å². The number of nitrogens with one attached hydrogen (secondary N) is 2. The molecule has 0 saturated carbocycles. The highest BCUT2D eigenvalue weighted by Gasteiger charge is 2.39. The van der Waals surface area contributed by atoms with E-state index < -0.39 is 20.8 Å². The number of aryl methyl sites for hydroxylation is 3. The van der Waals surface area contributed by atoms with Gasteiger partial charge in [-0.3, -0.25) is 33.3 Å². The third-order valence-corrected chi connectivity index (χ3v) is 12.4. The van der Waals surface area contributed by atoms with Crippen molar-refractivity contribution in [3.05, 3.63) is 56.5 Å². The second-order valence-corrected chi connectivity index (χ2v) is 19.6. The standard InChI is InChI=1S/C13H17N5O4.C13H17N5O3S.C9H11ClO2S.C5H11N.C2H4OS.CH4/c1-3-7-8(21-6(2)19)4-9(22-7)18-5-15-10-11(18)16-13(14)17-12(10)20;1-3-7-8(20-6(2)19)4-9(21-7)18-5-15-10-11(18)16-13(14)17-12(10)22;1-6-4-7(2)9(8(3)5-6)13(10,11)12;1-6-4-2-3-5-6;1-2(3)4;/h5,7-9H,3-4H2,1-2H3,(H3,14,16,17,20);5,7-9H,3-4H2,1-2H3,(H3,14,16,17,22);4-5H,1-3H3;2-5H2,1H3;1H3,(H,3,4);1H4/t2*7-,8+,9?;;;;/m11..../s1. The molecule has 21 nitrogen and oxygen atoms in total. The highest BCUT2D eigenvalue weighted by molar-refractivity contribution is 8.13. The summed E-state index contributed by atoms with van der Waals surface area (Å²) in [6, 6.07) is 3.62. The molecule has 5 aromatic rings. The molecule has 3 saturated heterocycles. The molecule has 25 heteroatoms. The van der Waals surface area contributed by atoms with Crippen LogP contribution in [0.15, 0.2) is 34.5 Å². The third-order valence-electron chi connectivity index (χ3n) is 10.5. The van der Waals surface area contributed by atoms with Crippen LogP contribution in [0.2, 0.25) is 0 Å². The Balaban J connectivity index is 0.000000249. The Morgan fingerprint density at radius 2 is 1.31 bits per heavy atom. The Kier molecular flexibility index (Phi) is 21.6. The molecule has 7 heterocycles. The second kappa shape index (κ2) is 25.6. The molecule has 6 atom stereocenters. The molecule has 2 unspecified atom stereocenters. The van der Waals surface area contributed by atoms with Gasteiger partial charge in [0.05, 0.1) is 29.8 Å². The molecule has 3 fully saturated rings. The number of anilines is 2. The predicted molar refractivity (Wildman–Crippen MR) is 265 cm³/mol. The fraction of sp³-hybridized carbons (Fsp3) is 0.558. The average molecular weight is 1030 g/mol. The number of thiol groups is 1. The van der Waals surface area contributed by atoms with Gasteiger partial charge in [-0.2, -0.15) is 4.98 Å². The molecule has 0 bridgehead atoms. The minimum Gasteiger partial charge on any atom is -0.460 e. The first-order valence-corrected chi connectivity index (χ1v) is 24.6. The summed E-state index contributed by atoms with van der Waals surface area (Å²) in [6.07, 6.45) is 6.76. The average Bonchev–Trinajstić information content (AvgIpc) is 4.05. The van der Waals surface area contributed by atoms with Gasteiger partial charge in [0.2, 0.25) is 5.95 Å². The zero-order chi connectivity index (χ0) is 49.9. The summed E-state index contributed by atoms with van der Waals surface area (Å²) >= 11 is 8.49. The first-order valence-electron chi connectivity index (χ1n) is 21.4. The number of aromatic amines is 2. The summed E-state index contributed by atoms with van der Waals surface area (Å²) in [7, 11) is 3.86. The number of imidazole rings is 2. The summed E-state index contributed by atoms with van der Waals surface area (Å²) in [6.45, 7) is 16.2. The van der Waals surface area contributed by atoms with E-state index in [0.29, 0.717) is 51.8 Å².